The molecule has 4 aliphatic rings. The number of ether oxygens (including phenoxy) is 2. The average molecular weight is 341 g/mol. The molecule has 25 heavy (non-hydrogen) atoms. The van der Waals surface area contributed by atoms with Crippen molar-refractivity contribution < 1.29 is 14.3 Å². The summed E-state index contributed by atoms with van der Waals surface area (Å²) in [5.41, 5.74) is 2.95. The topological polar surface area (TPSA) is 38.8 Å². The summed E-state index contributed by atoms with van der Waals surface area (Å²) in [7, 11) is 1.71. The van der Waals surface area contributed by atoms with E-state index >= 15 is 0 Å². The number of hydrogen-bond acceptors (Lipinski definition) is 3. The van der Waals surface area contributed by atoms with Crippen molar-refractivity contribution >= 4 is 5.91 Å². The van der Waals surface area contributed by atoms with Crippen LogP contribution in [0, 0.1) is 11.3 Å². The van der Waals surface area contributed by atoms with Crippen LogP contribution in [0.1, 0.15) is 55.8 Å². The van der Waals surface area contributed by atoms with E-state index in [9.17, 15) is 4.79 Å². The van der Waals surface area contributed by atoms with E-state index in [0.29, 0.717) is 17.9 Å². The van der Waals surface area contributed by atoms with Crippen LogP contribution in [0.15, 0.2) is 18.2 Å². The third-order valence-corrected chi connectivity index (χ3v) is 7.35. The number of aryl methyl sites for hydroxylation is 1. The third kappa shape index (κ3) is 2.26. The number of carbonyl (C=O) groups is 1. The van der Waals surface area contributed by atoms with Crippen molar-refractivity contribution in [3.8, 4) is 5.75 Å². The number of hydrogen-bond donors (Lipinski definition) is 0. The number of carbonyl (C=O) groups excluding carboxylic acids is 1. The minimum Gasteiger partial charge on any atom is -0.497 e. The van der Waals surface area contributed by atoms with Gasteiger partial charge in [-0.3, -0.25) is 4.79 Å². The Bertz CT molecular complexity index is 691. The summed E-state index contributed by atoms with van der Waals surface area (Å²) in [6.07, 6.45) is 8.24. The van der Waals surface area contributed by atoms with Gasteiger partial charge in [0.25, 0.3) is 0 Å². The van der Waals surface area contributed by atoms with Crippen molar-refractivity contribution in [1.29, 1.82) is 0 Å². The van der Waals surface area contributed by atoms with Crippen LogP contribution in [-0.2, 0) is 16.0 Å². The molecule has 1 aromatic carbocycles. The van der Waals surface area contributed by atoms with Crippen LogP contribution in [0.2, 0.25) is 0 Å². The van der Waals surface area contributed by atoms with Gasteiger partial charge in [-0.05, 0) is 67.2 Å². The molecule has 3 aliphatic carbocycles. The van der Waals surface area contributed by atoms with Crippen LogP contribution in [0.4, 0.5) is 0 Å². The van der Waals surface area contributed by atoms with E-state index in [1.54, 1.807) is 7.11 Å². The lowest BCUT2D eigenvalue weighted by atomic mass is 9.49. The Hall–Kier alpha value is -1.55. The number of morpholine rings is 1. The molecule has 3 fully saturated rings. The Labute approximate surface area is 149 Å². The van der Waals surface area contributed by atoms with Crippen LogP contribution in [0.3, 0.4) is 0 Å². The summed E-state index contributed by atoms with van der Waals surface area (Å²) >= 11 is 0. The molecule has 0 N–H and O–H groups in total. The fraction of sp³-hybridized carbons (Fsp3) is 0.667. The molecule has 1 heterocycles. The van der Waals surface area contributed by atoms with Gasteiger partial charge in [0.15, 0.2) is 0 Å². The standard InChI is InChI=1S/C21H27NO3/c1-24-15-4-5-16-14(13-15)3-6-18-19(16)25-12-11-22(18)20(23)17-7-10-21(17)8-2-9-21/h4-5,13,17-19H,2-3,6-12H2,1H3. The van der Waals surface area contributed by atoms with Crippen molar-refractivity contribution in [2.45, 2.75) is 57.1 Å². The molecule has 1 spiro atoms. The van der Waals surface area contributed by atoms with Crippen molar-refractivity contribution in [3.05, 3.63) is 29.3 Å². The van der Waals surface area contributed by atoms with E-state index < -0.39 is 0 Å². The summed E-state index contributed by atoms with van der Waals surface area (Å²) in [6.45, 7) is 1.41. The molecule has 0 aromatic heterocycles. The molecule has 1 aromatic rings. The Morgan fingerprint density at radius 2 is 2.16 bits per heavy atom. The first-order chi connectivity index (χ1) is 12.2. The van der Waals surface area contributed by atoms with E-state index in [1.807, 2.05) is 6.07 Å². The van der Waals surface area contributed by atoms with Crippen molar-refractivity contribution in [3.63, 3.8) is 0 Å². The number of fused-ring (bicyclic) bond motifs is 3. The molecule has 3 unspecified atom stereocenters. The molecule has 4 nitrogen and oxygen atoms in total. The van der Waals surface area contributed by atoms with Gasteiger partial charge in [-0.1, -0.05) is 12.5 Å². The predicted octanol–water partition coefficient (Wildman–Crippen LogP) is 3.49. The maximum atomic E-state index is 13.3. The molecule has 3 atom stereocenters. The molecular weight excluding hydrogens is 314 g/mol. The second kappa shape index (κ2) is 5.73. The molecule has 0 radical (unpaired) electrons. The number of nitrogens with zero attached hydrogens (tertiary/aromatic N) is 1. The lowest BCUT2D eigenvalue weighted by Crippen LogP contribution is -2.59. The number of benzene rings is 1. The van der Waals surface area contributed by atoms with Gasteiger partial charge in [0.05, 0.1) is 19.8 Å². The molecule has 5 rings (SSSR count). The van der Waals surface area contributed by atoms with Gasteiger partial charge in [0, 0.05) is 12.5 Å². The van der Waals surface area contributed by atoms with E-state index in [1.165, 1.54) is 36.8 Å². The molecule has 2 saturated carbocycles. The fourth-order valence-corrected chi connectivity index (χ4v) is 5.61. The average Bonchev–Trinajstić information content (AvgIpc) is 2.58. The zero-order valence-corrected chi connectivity index (χ0v) is 15.0. The number of amides is 1. The first kappa shape index (κ1) is 15.7. The van der Waals surface area contributed by atoms with E-state index in [0.717, 1.165) is 31.6 Å². The molecule has 0 bridgehead atoms. The second-order valence-corrected chi connectivity index (χ2v) is 8.30. The molecule has 1 aliphatic heterocycles. The van der Waals surface area contributed by atoms with Crippen LogP contribution in [0.25, 0.3) is 0 Å². The van der Waals surface area contributed by atoms with E-state index in [2.05, 4.69) is 17.0 Å². The predicted molar refractivity (Wildman–Crippen MR) is 94.5 cm³/mol. The Kier molecular flexibility index (Phi) is 3.60. The summed E-state index contributed by atoms with van der Waals surface area (Å²) < 4.78 is 11.5. The van der Waals surface area contributed by atoms with Crippen LogP contribution in [0.5, 0.6) is 5.75 Å². The first-order valence-corrected chi connectivity index (χ1v) is 9.81. The van der Waals surface area contributed by atoms with Gasteiger partial charge in [0.1, 0.15) is 11.9 Å². The lowest BCUT2D eigenvalue weighted by Gasteiger charge is -2.57. The van der Waals surface area contributed by atoms with E-state index in [-0.39, 0.29) is 18.1 Å². The summed E-state index contributed by atoms with van der Waals surface area (Å²) in [5, 5.41) is 0. The summed E-state index contributed by atoms with van der Waals surface area (Å²) in [6, 6.07) is 6.49. The summed E-state index contributed by atoms with van der Waals surface area (Å²) in [4.78, 5) is 15.5. The Morgan fingerprint density at radius 3 is 2.84 bits per heavy atom. The monoisotopic (exact) mass is 341 g/mol. The van der Waals surface area contributed by atoms with Gasteiger partial charge in [-0.25, -0.2) is 0 Å². The maximum Gasteiger partial charge on any atom is 0.226 e. The van der Waals surface area contributed by atoms with Gasteiger partial charge in [-0.15, -0.1) is 0 Å². The molecular formula is C21H27NO3. The third-order valence-electron chi connectivity index (χ3n) is 7.35. The highest BCUT2D eigenvalue weighted by atomic mass is 16.5. The minimum absolute atomic E-state index is 0.0322. The molecule has 134 valence electrons. The van der Waals surface area contributed by atoms with Gasteiger partial charge in [0.2, 0.25) is 5.91 Å². The largest absolute Gasteiger partial charge is 0.497 e. The highest BCUT2D eigenvalue weighted by molar-refractivity contribution is 5.81. The van der Waals surface area contributed by atoms with Crippen molar-refractivity contribution in [2.24, 2.45) is 11.3 Å². The highest BCUT2D eigenvalue weighted by Crippen LogP contribution is 2.60. The Balaban J connectivity index is 1.40. The zero-order chi connectivity index (χ0) is 17.0. The highest BCUT2D eigenvalue weighted by Gasteiger charge is 2.55. The van der Waals surface area contributed by atoms with Gasteiger partial charge >= 0.3 is 0 Å². The molecule has 1 saturated heterocycles. The maximum absolute atomic E-state index is 13.3. The number of methoxy groups -OCH3 is 1. The first-order valence-electron chi connectivity index (χ1n) is 9.81. The minimum atomic E-state index is 0.0322. The molecule has 1 amide bonds. The van der Waals surface area contributed by atoms with E-state index in [4.69, 9.17) is 9.47 Å². The SMILES string of the molecule is COc1ccc2c(c1)CCC1C2OCCN1C(=O)C1CCC12CCC2. The van der Waals surface area contributed by atoms with Gasteiger partial charge in [-0.2, -0.15) is 0 Å². The van der Waals surface area contributed by atoms with Crippen molar-refractivity contribution in [2.75, 3.05) is 20.3 Å². The van der Waals surface area contributed by atoms with Crippen molar-refractivity contribution in [1.82, 2.24) is 4.90 Å². The zero-order valence-electron chi connectivity index (χ0n) is 15.0. The van der Waals surface area contributed by atoms with Crippen LogP contribution >= 0.6 is 0 Å². The molecule has 4 heteroatoms. The second-order valence-electron chi connectivity index (χ2n) is 8.30. The smallest absolute Gasteiger partial charge is 0.226 e. The normalized spacial score (nSPS) is 32.2. The quantitative estimate of drug-likeness (QED) is 0.826. The van der Waals surface area contributed by atoms with Crippen LogP contribution < -0.4 is 4.74 Å². The fourth-order valence-electron chi connectivity index (χ4n) is 5.61. The Morgan fingerprint density at radius 1 is 1.28 bits per heavy atom. The lowest BCUT2D eigenvalue weighted by molar-refractivity contribution is -0.169. The number of rotatable bonds is 2. The van der Waals surface area contributed by atoms with Gasteiger partial charge < -0.3 is 14.4 Å². The van der Waals surface area contributed by atoms with Crippen LogP contribution in [-0.4, -0.2) is 37.1 Å². The summed E-state index contributed by atoms with van der Waals surface area (Å²) in [5.74, 6) is 1.61.